The van der Waals surface area contributed by atoms with Crippen LogP contribution in [0, 0.1) is 0 Å². The second-order valence-electron chi connectivity index (χ2n) is 7.11. The predicted molar refractivity (Wildman–Crippen MR) is 124 cm³/mol. The molecule has 1 aliphatic rings. The lowest BCUT2D eigenvalue weighted by molar-refractivity contribution is 0.384. The van der Waals surface area contributed by atoms with Crippen LogP contribution < -0.4 is 15.2 Å². The van der Waals surface area contributed by atoms with E-state index < -0.39 is 15.6 Å². The van der Waals surface area contributed by atoms with Crippen LogP contribution in [0.5, 0.6) is 5.75 Å². The first-order valence-corrected chi connectivity index (χ1v) is 11.9. The molecule has 1 aliphatic heterocycles. The van der Waals surface area contributed by atoms with Crippen molar-refractivity contribution in [1.29, 1.82) is 0 Å². The number of rotatable bonds is 5. The second kappa shape index (κ2) is 9.11. The SMILES string of the molecule is COc1cccc(N2CCN(S(=O)(=O)c3ccc(-n4ncc(Cl)c(Cl)c4=O)cc3)CC2)c1. The summed E-state index contributed by atoms with van der Waals surface area (Å²) in [7, 11) is -2.06. The van der Waals surface area contributed by atoms with Crippen molar-refractivity contribution in [3.63, 3.8) is 0 Å². The van der Waals surface area contributed by atoms with E-state index in [-0.39, 0.29) is 14.9 Å². The van der Waals surface area contributed by atoms with Crippen LogP contribution in [0.15, 0.2) is 64.4 Å². The number of hydrogen-bond donors (Lipinski definition) is 0. The van der Waals surface area contributed by atoms with Gasteiger partial charge in [0.2, 0.25) is 10.0 Å². The molecule has 0 radical (unpaired) electrons. The first-order chi connectivity index (χ1) is 15.3. The summed E-state index contributed by atoms with van der Waals surface area (Å²) < 4.78 is 34.0. The van der Waals surface area contributed by atoms with Gasteiger partial charge in [0.15, 0.2) is 0 Å². The smallest absolute Gasteiger partial charge is 0.291 e. The third-order valence-electron chi connectivity index (χ3n) is 5.25. The van der Waals surface area contributed by atoms with Crippen LogP contribution in [0.3, 0.4) is 0 Å². The number of nitrogens with zero attached hydrogens (tertiary/aromatic N) is 4. The molecule has 0 aliphatic carbocycles. The molecule has 168 valence electrons. The Bertz CT molecular complexity index is 1290. The van der Waals surface area contributed by atoms with Crippen molar-refractivity contribution >= 4 is 38.9 Å². The molecule has 2 heterocycles. The number of anilines is 1. The van der Waals surface area contributed by atoms with E-state index in [0.717, 1.165) is 16.1 Å². The maximum atomic E-state index is 13.1. The normalized spacial score (nSPS) is 15.0. The minimum atomic E-state index is -3.68. The first-order valence-electron chi connectivity index (χ1n) is 9.74. The molecule has 8 nitrogen and oxygen atoms in total. The largest absolute Gasteiger partial charge is 0.497 e. The highest BCUT2D eigenvalue weighted by Crippen LogP contribution is 2.25. The van der Waals surface area contributed by atoms with Crippen LogP contribution >= 0.6 is 23.2 Å². The number of halogens is 2. The number of methoxy groups -OCH3 is 1. The second-order valence-corrected chi connectivity index (χ2v) is 9.83. The van der Waals surface area contributed by atoms with Gasteiger partial charge in [-0.05, 0) is 36.4 Å². The molecule has 4 rings (SSSR count). The fourth-order valence-corrected chi connectivity index (χ4v) is 5.17. The van der Waals surface area contributed by atoms with Crippen molar-refractivity contribution in [3.05, 3.63) is 75.1 Å². The molecule has 2 aromatic carbocycles. The van der Waals surface area contributed by atoms with E-state index >= 15 is 0 Å². The minimum Gasteiger partial charge on any atom is -0.497 e. The van der Waals surface area contributed by atoms with Crippen molar-refractivity contribution in [2.24, 2.45) is 0 Å². The molecule has 0 N–H and O–H groups in total. The summed E-state index contributed by atoms with van der Waals surface area (Å²) >= 11 is 11.7. The maximum Gasteiger partial charge on any atom is 0.291 e. The zero-order valence-corrected chi connectivity index (χ0v) is 19.4. The number of sulfonamides is 1. The Labute approximate surface area is 195 Å². The lowest BCUT2D eigenvalue weighted by Crippen LogP contribution is -2.48. The zero-order valence-electron chi connectivity index (χ0n) is 17.1. The van der Waals surface area contributed by atoms with E-state index in [1.807, 2.05) is 24.3 Å². The van der Waals surface area contributed by atoms with Gasteiger partial charge in [0.1, 0.15) is 10.8 Å². The molecule has 3 aromatic rings. The van der Waals surface area contributed by atoms with Gasteiger partial charge in [-0.15, -0.1) is 0 Å². The molecule has 32 heavy (non-hydrogen) atoms. The molecular formula is C21H20Cl2N4O4S. The molecule has 1 fully saturated rings. The Morgan fingerprint density at radius 3 is 2.31 bits per heavy atom. The van der Waals surface area contributed by atoms with Crippen LogP contribution in [0.25, 0.3) is 5.69 Å². The Morgan fingerprint density at radius 1 is 0.969 bits per heavy atom. The van der Waals surface area contributed by atoms with Gasteiger partial charge in [-0.3, -0.25) is 4.79 Å². The molecule has 0 amide bonds. The number of piperazine rings is 1. The van der Waals surface area contributed by atoms with Crippen molar-refractivity contribution in [2.45, 2.75) is 4.90 Å². The third kappa shape index (κ3) is 4.33. The zero-order chi connectivity index (χ0) is 22.9. The fourth-order valence-electron chi connectivity index (χ4n) is 3.50. The Balaban J connectivity index is 1.50. The van der Waals surface area contributed by atoms with E-state index in [0.29, 0.717) is 31.9 Å². The summed E-state index contributed by atoms with van der Waals surface area (Å²) in [6.07, 6.45) is 1.26. The standard InChI is InChI=1S/C21H20Cl2N4O4S/c1-31-17-4-2-3-16(13-17)25-9-11-26(12-10-25)32(29,30)18-7-5-15(6-8-18)27-21(28)20(23)19(22)14-24-27/h2-8,13-14H,9-12H2,1H3. The molecule has 0 unspecified atom stereocenters. The topological polar surface area (TPSA) is 84.7 Å². The van der Waals surface area contributed by atoms with Gasteiger partial charge in [-0.1, -0.05) is 29.3 Å². The highest BCUT2D eigenvalue weighted by Gasteiger charge is 2.28. The number of hydrogen-bond acceptors (Lipinski definition) is 6. The van der Waals surface area contributed by atoms with Gasteiger partial charge < -0.3 is 9.64 Å². The number of ether oxygens (including phenoxy) is 1. The Kier molecular flexibility index (Phi) is 6.43. The van der Waals surface area contributed by atoms with E-state index in [4.69, 9.17) is 27.9 Å². The van der Waals surface area contributed by atoms with Crippen molar-refractivity contribution in [3.8, 4) is 11.4 Å². The van der Waals surface area contributed by atoms with Gasteiger partial charge in [0.25, 0.3) is 5.56 Å². The van der Waals surface area contributed by atoms with Gasteiger partial charge in [0.05, 0.1) is 28.9 Å². The van der Waals surface area contributed by atoms with Gasteiger partial charge >= 0.3 is 0 Å². The predicted octanol–water partition coefficient (Wildman–Crippen LogP) is 3.06. The van der Waals surface area contributed by atoms with Crippen LogP contribution in [0.2, 0.25) is 10.0 Å². The minimum absolute atomic E-state index is 0.0557. The molecular weight excluding hydrogens is 475 g/mol. The number of aromatic nitrogens is 2. The average Bonchev–Trinajstić information content (AvgIpc) is 2.83. The summed E-state index contributed by atoms with van der Waals surface area (Å²) in [6.45, 7) is 1.84. The van der Waals surface area contributed by atoms with Gasteiger partial charge in [-0.25, -0.2) is 8.42 Å². The van der Waals surface area contributed by atoms with Crippen LogP contribution in [0.1, 0.15) is 0 Å². The van der Waals surface area contributed by atoms with Crippen molar-refractivity contribution in [2.75, 3.05) is 38.2 Å². The van der Waals surface area contributed by atoms with Crippen molar-refractivity contribution < 1.29 is 13.2 Å². The van der Waals surface area contributed by atoms with Crippen molar-refractivity contribution in [1.82, 2.24) is 14.1 Å². The molecule has 0 spiro atoms. The third-order valence-corrected chi connectivity index (χ3v) is 7.91. The first kappa shape index (κ1) is 22.6. The maximum absolute atomic E-state index is 13.1. The Morgan fingerprint density at radius 2 is 1.66 bits per heavy atom. The summed E-state index contributed by atoms with van der Waals surface area (Å²) in [5.74, 6) is 0.758. The van der Waals surface area contributed by atoms with Crippen LogP contribution in [-0.4, -0.2) is 55.8 Å². The average molecular weight is 495 g/mol. The summed E-state index contributed by atoms with van der Waals surface area (Å²) in [6, 6.07) is 13.6. The lowest BCUT2D eigenvalue weighted by Gasteiger charge is -2.35. The molecule has 0 atom stereocenters. The fraction of sp³-hybridized carbons (Fsp3) is 0.238. The Hall–Kier alpha value is -2.59. The molecule has 0 saturated carbocycles. The highest BCUT2D eigenvalue weighted by atomic mass is 35.5. The van der Waals surface area contributed by atoms with Crippen LogP contribution in [-0.2, 0) is 10.0 Å². The van der Waals surface area contributed by atoms with E-state index in [1.54, 1.807) is 7.11 Å². The van der Waals surface area contributed by atoms with Gasteiger partial charge in [0, 0.05) is 37.9 Å². The highest BCUT2D eigenvalue weighted by molar-refractivity contribution is 7.89. The quantitative estimate of drug-likeness (QED) is 0.541. The van der Waals surface area contributed by atoms with Gasteiger partial charge in [-0.2, -0.15) is 14.1 Å². The van der Waals surface area contributed by atoms with E-state index in [1.165, 1.54) is 34.8 Å². The summed E-state index contributed by atoms with van der Waals surface area (Å²) in [5, 5.41) is 3.86. The number of benzene rings is 2. The van der Waals surface area contributed by atoms with E-state index in [2.05, 4.69) is 10.00 Å². The summed E-state index contributed by atoms with van der Waals surface area (Å²) in [4.78, 5) is 14.5. The molecule has 11 heteroatoms. The lowest BCUT2D eigenvalue weighted by atomic mass is 10.2. The monoisotopic (exact) mass is 494 g/mol. The molecule has 1 saturated heterocycles. The van der Waals surface area contributed by atoms with E-state index in [9.17, 15) is 13.2 Å². The molecule has 1 aromatic heterocycles. The summed E-state index contributed by atoms with van der Waals surface area (Å²) in [5.41, 5.74) is 0.795. The van der Waals surface area contributed by atoms with Crippen LogP contribution in [0.4, 0.5) is 5.69 Å². The molecule has 0 bridgehead atoms.